The van der Waals surface area contributed by atoms with Crippen LogP contribution in [-0.2, 0) is 11.2 Å². The zero-order valence-corrected chi connectivity index (χ0v) is 15.6. The molecule has 1 N–H and O–H groups in total. The predicted molar refractivity (Wildman–Crippen MR) is 107 cm³/mol. The summed E-state index contributed by atoms with van der Waals surface area (Å²) in [5, 5.41) is 7.88. The van der Waals surface area contributed by atoms with Crippen molar-refractivity contribution in [1.29, 1.82) is 0 Å². The van der Waals surface area contributed by atoms with E-state index in [0.717, 1.165) is 33.6 Å². The maximum absolute atomic E-state index is 12.5. The van der Waals surface area contributed by atoms with Crippen LogP contribution < -0.4 is 10.1 Å². The fraction of sp³-hybridized carbons (Fsp3) is 0.136. The Morgan fingerprint density at radius 2 is 1.96 bits per heavy atom. The average molecular weight is 373 g/mol. The number of para-hydroxylation sites is 1. The van der Waals surface area contributed by atoms with E-state index in [1.54, 1.807) is 13.2 Å². The van der Waals surface area contributed by atoms with E-state index in [1.165, 1.54) is 0 Å². The minimum atomic E-state index is -0.166. The smallest absolute Gasteiger partial charge is 0.230 e. The van der Waals surface area contributed by atoms with Crippen molar-refractivity contribution in [2.45, 2.75) is 13.3 Å². The Morgan fingerprint density at radius 1 is 1.11 bits per heavy atom. The molecule has 4 aromatic rings. The van der Waals surface area contributed by atoms with E-state index < -0.39 is 0 Å². The lowest BCUT2D eigenvalue weighted by Crippen LogP contribution is -2.15. The van der Waals surface area contributed by atoms with Crippen molar-refractivity contribution in [3.8, 4) is 17.1 Å². The minimum absolute atomic E-state index is 0.114. The lowest BCUT2D eigenvalue weighted by Gasteiger charge is -2.09. The maximum atomic E-state index is 12.5. The van der Waals surface area contributed by atoms with Crippen LogP contribution in [0.3, 0.4) is 0 Å². The second-order valence-corrected chi connectivity index (χ2v) is 6.47. The van der Waals surface area contributed by atoms with Gasteiger partial charge in [0.2, 0.25) is 5.91 Å². The Balaban J connectivity index is 1.51. The zero-order chi connectivity index (χ0) is 19.5. The van der Waals surface area contributed by atoms with Crippen LogP contribution in [0.5, 0.6) is 5.75 Å². The molecule has 0 aliphatic rings. The van der Waals surface area contributed by atoms with Crippen molar-refractivity contribution in [2.75, 3.05) is 12.4 Å². The molecule has 28 heavy (non-hydrogen) atoms. The van der Waals surface area contributed by atoms with Gasteiger partial charge in [0.25, 0.3) is 0 Å². The number of aryl methyl sites for hydroxylation is 1. The highest BCUT2D eigenvalue weighted by Gasteiger charge is 2.13. The molecule has 0 saturated carbocycles. The molecule has 6 nitrogen and oxygen atoms in total. The molecule has 140 valence electrons. The molecular weight excluding hydrogens is 354 g/mol. The third kappa shape index (κ3) is 3.71. The Morgan fingerprint density at radius 3 is 2.82 bits per heavy atom. The summed E-state index contributed by atoms with van der Waals surface area (Å²) in [6.07, 6.45) is 0.114. The first-order valence-electron chi connectivity index (χ1n) is 8.88. The van der Waals surface area contributed by atoms with E-state index in [0.29, 0.717) is 11.5 Å². The molecule has 0 unspecified atom stereocenters. The summed E-state index contributed by atoms with van der Waals surface area (Å²) in [5.41, 5.74) is 3.83. The predicted octanol–water partition coefficient (Wildman–Crippen LogP) is 4.39. The van der Waals surface area contributed by atoms with Gasteiger partial charge in [-0.2, -0.15) is 0 Å². The minimum Gasteiger partial charge on any atom is -0.497 e. The number of nitrogens with zero attached hydrogens (tertiary/aromatic N) is 2. The highest BCUT2D eigenvalue weighted by Crippen LogP contribution is 2.25. The molecule has 1 amide bonds. The quantitative estimate of drug-likeness (QED) is 0.561. The number of fused-ring (bicyclic) bond motifs is 1. The number of amides is 1. The van der Waals surface area contributed by atoms with Crippen LogP contribution in [0.1, 0.15) is 11.4 Å². The number of carbonyl (C=O) groups excluding carboxylic acids is 1. The van der Waals surface area contributed by atoms with Crippen LogP contribution in [0.25, 0.3) is 22.2 Å². The van der Waals surface area contributed by atoms with Crippen LogP contribution in [0.4, 0.5) is 5.69 Å². The molecule has 2 aromatic carbocycles. The Hall–Kier alpha value is -3.67. The van der Waals surface area contributed by atoms with E-state index in [1.807, 2.05) is 61.5 Å². The Bertz CT molecular complexity index is 1150. The van der Waals surface area contributed by atoms with Gasteiger partial charge >= 0.3 is 0 Å². The standard InChI is InChI=1S/C22H19N3O3/c1-14-10-20(18-8-3-4-9-19(18)23-14)24-22(26)13-16-12-21(28-25-16)15-6-5-7-17(11-15)27-2/h3-12H,13H2,1-2H3,(H,23,24,26). The van der Waals surface area contributed by atoms with Gasteiger partial charge in [0.05, 0.1) is 30.4 Å². The highest BCUT2D eigenvalue weighted by atomic mass is 16.5. The highest BCUT2D eigenvalue weighted by molar-refractivity contribution is 6.01. The van der Waals surface area contributed by atoms with Crippen molar-refractivity contribution < 1.29 is 14.1 Å². The molecule has 0 saturated heterocycles. The van der Waals surface area contributed by atoms with E-state index >= 15 is 0 Å². The number of hydrogen-bond donors (Lipinski definition) is 1. The van der Waals surface area contributed by atoms with Crippen LogP contribution >= 0.6 is 0 Å². The summed E-state index contributed by atoms with van der Waals surface area (Å²) in [6.45, 7) is 1.90. The molecular formula is C22H19N3O3. The molecule has 0 spiro atoms. The maximum Gasteiger partial charge on any atom is 0.230 e. The van der Waals surface area contributed by atoms with Crippen LogP contribution in [0, 0.1) is 6.92 Å². The molecule has 0 aliphatic carbocycles. The van der Waals surface area contributed by atoms with E-state index in [2.05, 4.69) is 15.5 Å². The largest absolute Gasteiger partial charge is 0.497 e. The molecule has 4 rings (SSSR count). The molecule has 0 radical (unpaired) electrons. The average Bonchev–Trinajstić information content (AvgIpc) is 3.16. The number of carbonyl (C=O) groups is 1. The van der Waals surface area contributed by atoms with Gasteiger partial charge < -0.3 is 14.6 Å². The molecule has 2 heterocycles. The molecule has 0 atom stereocenters. The third-order valence-corrected chi connectivity index (χ3v) is 4.37. The summed E-state index contributed by atoms with van der Waals surface area (Å²) < 4.78 is 10.6. The van der Waals surface area contributed by atoms with Gasteiger partial charge in [-0.15, -0.1) is 0 Å². The normalized spacial score (nSPS) is 10.8. The number of hydrogen-bond acceptors (Lipinski definition) is 5. The third-order valence-electron chi connectivity index (χ3n) is 4.37. The number of anilines is 1. The van der Waals surface area contributed by atoms with Crippen molar-refractivity contribution >= 4 is 22.5 Å². The summed E-state index contributed by atoms with van der Waals surface area (Å²) >= 11 is 0. The molecule has 0 aliphatic heterocycles. The van der Waals surface area contributed by atoms with Gasteiger partial charge in [-0.05, 0) is 31.2 Å². The van der Waals surface area contributed by atoms with E-state index in [4.69, 9.17) is 9.26 Å². The van der Waals surface area contributed by atoms with Crippen molar-refractivity contribution in [2.24, 2.45) is 0 Å². The van der Waals surface area contributed by atoms with Crippen LogP contribution in [0.2, 0.25) is 0 Å². The van der Waals surface area contributed by atoms with E-state index in [9.17, 15) is 4.79 Å². The second kappa shape index (κ2) is 7.52. The van der Waals surface area contributed by atoms with Crippen LogP contribution in [0.15, 0.2) is 65.2 Å². The first-order valence-corrected chi connectivity index (χ1v) is 8.88. The lowest BCUT2D eigenvalue weighted by molar-refractivity contribution is -0.115. The molecule has 0 fully saturated rings. The summed E-state index contributed by atoms with van der Waals surface area (Å²) in [4.78, 5) is 17.0. The van der Waals surface area contributed by atoms with Gasteiger partial charge in [0.1, 0.15) is 5.75 Å². The number of aromatic nitrogens is 2. The molecule has 6 heteroatoms. The molecule has 2 aromatic heterocycles. The Labute approximate surface area is 162 Å². The fourth-order valence-electron chi connectivity index (χ4n) is 3.08. The summed E-state index contributed by atoms with van der Waals surface area (Å²) in [5.74, 6) is 1.15. The number of rotatable bonds is 5. The summed E-state index contributed by atoms with van der Waals surface area (Å²) in [7, 11) is 1.61. The van der Waals surface area contributed by atoms with Crippen molar-refractivity contribution in [3.05, 3.63) is 72.1 Å². The Kier molecular flexibility index (Phi) is 4.76. The van der Waals surface area contributed by atoms with Gasteiger partial charge in [0, 0.05) is 22.7 Å². The van der Waals surface area contributed by atoms with Crippen molar-refractivity contribution in [3.63, 3.8) is 0 Å². The molecule has 0 bridgehead atoms. The van der Waals surface area contributed by atoms with Crippen molar-refractivity contribution in [1.82, 2.24) is 10.1 Å². The summed E-state index contributed by atoms with van der Waals surface area (Å²) in [6, 6.07) is 18.8. The van der Waals surface area contributed by atoms with Gasteiger partial charge in [-0.1, -0.05) is 35.5 Å². The van der Waals surface area contributed by atoms with E-state index in [-0.39, 0.29) is 12.3 Å². The second-order valence-electron chi connectivity index (χ2n) is 6.47. The first-order chi connectivity index (χ1) is 13.6. The first kappa shape index (κ1) is 17.7. The lowest BCUT2D eigenvalue weighted by atomic mass is 10.1. The number of methoxy groups -OCH3 is 1. The number of benzene rings is 2. The number of ether oxygens (including phenoxy) is 1. The monoisotopic (exact) mass is 373 g/mol. The van der Waals surface area contributed by atoms with Gasteiger partial charge in [0.15, 0.2) is 5.76 Å². The fourth-order valence-corrected chi connectivity index (χ4v) is 3.08. The van der Waals surface area contributed by atoms with Gasteiger partial charge in [-0.3, -0.25) is 9.78 Å². The SMILES string of the molecule is COc1cccc(-c2cc(CC(=O)Nc3cc(C)nc4ccccc34)no2)c1. The zero-order valence-electron chi connectivity index (χ0n) is 15.6. The topological polar surface area (TPSA) is 77.2 Å². The number of nitrogens with one attached hydrogen (secondary N) is 1. The van der Waals surface area contributed by atoms with Gasteiger partial charge in [-0.25, -0.2) is 0 Å². The van der Waals surface area contributed by atoms with Crippen LogP contribution in [-0.4, -0.2) is 23.2 Å². The number of pyridine rings is 1.